The molecule has 2 aliphatic carbocycles. The normalized spacial score (nSPS) is 24.5. The zero-order chi connectivity index (χ0) is 47.1. The summed E-state index contributed by atoms with van der Waals surface area (Å²) in [5.74, 6) is -0.798. The molecule has 2 fully saturated rings. The molecule has 68 heavy (non-hydrogen) atoms. The highest BCUT2D eigenvalue weighted by atomic mass is 16.8. The summed E-state index contributed by atoms with van der Waals surface area (Å²) in [6.07, 6.45) is 12.2. The van der Waals surface area contributed by atoms with Gasteiger partial charge >= 0.3 is 6.09 Å². The summed E-state index contributed by atoms with van der Waals surface area (Å²) in [7, 11) is 0. The lowest BCUT2D eigenvalue weighted by Gasteiger charge is -2.60. The number of benzene rings is 4. The highest BCUT2D eigenvalue weighted by molar-refractivity contribution is 6.03. The van der Waals surface area contributed by atoms with Gasteiger partial charge in [0.2, 0.25) is 12.1 Å². The zero-order valence-corrected chi connectivity index (χ0v) is 39.3. The second-order valence-electron chi connectivity index (χ2n) is 18.2. The molecule has 7 unspecified atom stereocenters. The van der Waals surface area contributed by atoms with E-state index in [0.717, 1.165) is 71.6 Å². The molecule has 2 N–H and O–H groups in total. The molecule has 2 heterocycles. The van der Waals surface area contributed by atoms with Gasteiger partial charge in [0.15, 0.2) is 0 Å². The second kappa shape index (κ2) is 24.2. The number of nitrogens with zero attached hydrogens (tertiary/aromatic N) is 2. The van der Waals surface area contributed by atoms with E-state index >= 15 is 4.79 Å². The standard InChI is InChI=1S/C56H68N2O10/c1-3-30-63-44-26-27-50-48(36-44)53-46(24-11-14-29-60)42(20-10-13-28-59)35-47-49(57-68-52-25-12-15-32-64-52)37-51(56(67-50,54(47)53)66-31-4-2)58(38-43-22-16-21-41-19-8-9-23-45(41)43)55(61)65-34-33-62-39-40-17-6-5-7-18-40/h3-9,16-19,21-23,26-27,35-36,42,46,51-54,59-60H,1-2,10-15,20,24-25,28-34,37-39H2. The third-order valence-electron chi connectivity index (χ3n) is 13.8. The molecular formula is C56H68N2O10. The Kier molecular flexibility index (Phi) is 17.4. The number of aliphatic hydroxyl groups is 2. The monoisotopic (exact) mass is 928 g/mol. The number of unbranched alkanes of at least 4 members (excludes halogenated alkanes) is 2. The van der Waals surface area contributed by atoms with Crippen LogP contribution in [0, 0.1) is 17.8 Å². The van der Waals surface area contributed by atoms with E-state index in [1.54, 1.807) is 17.1 Å². The van der Waals surface area contributed by atoms with E-state index in [1.807, 2.05) is 60.7 Å². The van der Waals surface area contributed by atoms with Crippen molar-refractivity contribution in [1.29, 1.82) is 0 Å². The highest BCUT2D eigenvalue weighted by Gasteiger charge is 2.66. The van der Waals surface area contributed by atoms with Crippen LogP contribution in [0.15, 0.2) is 133 Å². The van der Waals surface area contributed by atoms with Crippen molar-refractivity contribution in [2.45, 2.75) is 101 Å². The number of fused-ring (bicyclic) bond motifs is 3. The number of carbonyl (C=O) groups excluding carboxylic acids is 1. The van der Waals surface area contributed by atoms with E-state index in [4.69, 9.17) is 38.4 Å². The molecular weight excluding hydrogens is 861 g/mol. The Balaban J connectivity index is 1.29. The average molecular weight is 929 g/mol. The summed E-state index contributed by atoms with van der Waals surface area (Å²) in [5, 5.41) is 27.1. The van der Waals surface area contributed by atoms with Gasteiger partial charge in [-0.3, -0.25) is 4.90 Å². The molecule has 1 amide bonds. The molecule has 2 aliphatic heterocycles. The predicted molar refractivity (Wildman–Crippen MR) is 262 cm³/mol. The van der Waals surface area contributed by atoms with Crippen LogP contribution in [0.2, 0.25) is 0 Å². The van der Waals surface area contributed by atoms with Crippen LogP contribution < -0.4 is 9.47 Å². The number of carbonyl (C=O) groups is 1. The molecule has 4 aliphatic rings. The molecule has 0 spiro atoms. The van der Waals surface area contributed by atoms with Gasteiger partial charge in [-0.1, -0.05) is 116 Å². The van der Waals surface area contributed by atoms with Crippen molar-refractivity contribution in [2.24, 2.45) is 22.9 Å². The van der Waals surface area contributed by atoms with E-state index in [0.29, 0.717) is 56.3 Å². The maximum Gasteiger partial charge on any atom is 0.410 e. The topological polar surface area (TPSA) is 138 Å². The molecule has 1 saturated carbocycles. The van der Waals surface area contributed by atoms with Gasteiger partial charge in [-0.15, -0.1) is 6.58 Å². The van der Waals surface area contributed by atoms with E-state index in [-0.39, 0.29) is 63.8 Å². The first-order chi connectivity index (χ1) is 33.5. The molecule has 1 saturated heterocycles. The van der Waals surface area contributed by atoms with Crippen LogP contribution in [-0.2, 0) is 36.9 Å². The number of amides is 1. The molecule has 7 atom stereocenters. The number of aliphatic hydroxyl groups excluding tert-OH is 2. The first kappa shape index (κ1) is 48.9. The summed E-state index contributed by atoms with van der Waals surface area (Å²) in [6.45, 7) is 9.99. The van der Waals surface area contributed by atoms with E-state index in [2.05, 4.69) is 49.6 Å². The van der Waals surface area contributed by atoms with Crippen molar-refractivity contribution in [3.63, 3.8) is 0 Å². The van der Waals surface area contributed by atoms with E-state index in [1.165, 1.54) is 0 Å². The lowest BCUT2D eigenvalue weighted by molar-refractivity contribution is -0.256. The molecule has 0 radical (unpaired) electrons. The van der Waals surface area contributed by atoms with Crippen molar-refractivity contribution >= 4 is 22.6 Å². The van der Waals surface area contributed by atoms with Gasteiger partial charge in [0.05, 0.1) is 44.6 Å². The Labute approximate surface area is 401 Å². The molecule has 8 rings (SSSR count). The molecule has 0 bridgehead atoms. The predicted octanol–water partition coefficient (Wildman–Crippen LogP) is 10.4. The van der Waals surface area contributed by atoms with Gasteiger partial charge in [-0.25, -0.2) is 4.79 Å². The molecule has 0 aromatic heterocycles. The van der Waals surface area contributed by atoms with Gasteiger partial charge in [0.25, 0.3) is 0 Å². The van der Waals surface area contributed by atoms with Crippen LogP contribution in [0.25, 0.3) is 10.8 Å². The summed E-state index contributed by atoms with van der Waals surface area (Å²) < 4.78 is 39.2. The van der Waals surface area contributed by atoms with Gasteiger partial charge in [0, 0.05) is 37.5 Å². The maximum absolute atomic E-state index is 15.2. The Hall–Kier alpha value is -5.50. The van der Waals surface area contributed by atoms with Gasteiger partial charge in [-0.05, 0) is 96.0 Å². The molecule has 12 nitrogen and oxygen atoms in total. The first-order valence-corrected chi connectivity index (χ1v) is 24.6. The number of rotatable bonds is 24. The number of allylic oxidation sites excluding steroid dienone is 1. The highest BCUT2D eigenvalue weighted by Crippen LogP contribution is 2.62. The van der Waals surface area contributed by atoms with Crippen molar-refractivity contribution in [1.82, 2.24) is 4.90 Å². The molecule has 12 heteroatoms. The van der Waals surface area contributed by atoms with Gasteiger partial charge in [0.1, 0.15) is 30.8 Å². The largest absolute Gasteiger partial charge is 0.490 e. The SMILES string of the molecule is C=CCOc1ccc2c(c1)C1C(CCCCO)C(CCCCO)C=C3C(=NOC4CCCCO4)CC(N(Cc4cccc5ccccc45)C(=O)OCCOCc4ccccc4)C(OCC=C)(O2)C31. The maximum atomic E-state index is 15.2. The minimum Gasteiger partial charge on any atom is -0.490 e. The zero-order valence-electron chi connectivity index (χ0n) is 39.3. The Morgan fingerprint density at radius 3 is 2.47 bits per heavy atom. The summed E-state index contributed by atoms with van der Waals surface area (Å²) in [4.78, 5) is 23.4. The Morgan fingerprint density at radius 2 is 1.68 bits per heavy atom. The van der Waals surface area contributed by atoms with Crippen molar-refractivity contribution < 1.29 is 48.3 Å². The Bertz CT molecular complexity index is 2340. The number of ether oxygens (including phenoxy) is 6. The average Bonchev–Trinajstić information content (AvgIpc) is 3.37. The summed E-state index contributed by atoms with van der Waals surface area (Å²) >= 11 is 0. The van der Waals surface area contributed by atoms with Crippen LogP contribution in [0.1, 0.15) is 86.8 Å². The van der Waals surface area contributed by atoms with Crippen LogP contribution in [0.3, 0.4) is 0 Å². The fraction of sp³-hybridized carbons (Fsp3) is 0.464. The third-order valence-corrected chi connectivity index (χ3v) is 13.8. The lowest BCUT2D eigenvalue weighted by Crippen LogP contribution is -2.70. The smallest absolute Gasteiger partial charge is 0.410 e. The van der Waals surface area contributed by atoms with Crippen LogP contribution in [0.5, 0.6) is 11.5 Å². The van der Waals surface area contributed by atoms with Crippen LogP contribution in [0.4, 0.5) is 4.79 Å². The number of hydrogen-bond acceptors (Lipinski definition) is 11. The number of hydrogen-bond donors (Lipinski definition) is 2. The first-order valence-electron chi connectivity index (χ1n) is 24.6. The van der Waals surface area contributed by atoms with E-state index in [9.17, 15) is 10.2 Å². The summed E-state index contributed by atoms with van der Waals surface area (Å²) in [5.41, 5.74) is 4.55. The Morgan fingerprint density at radius 1 is 0.882 bits per heavy atom. The fourth-order valence-corrected chi connectivity index (χ4v) is 10.8. The number of oxime groups is 1. The minimum absolute atomic E-state index is 0.0187. The fourth-order valence-electron chi connectivity index (χ4n) is 10.8. The second-order valence-corrected chi connectivity index (χ2v) is 18.2. The van der Waals surface area contributed by atoms with Crippen LogP contribution in [-0.4, -0.2) is 91.3 Å². The van der Waals surface area contributed by atoms with Crippen LogP contribution >= 0.6 is 0 Å². The lowest BCUT2D eigenvalue weighted by atomic mass is 9.55. The molecule has 362 valence electrons. The molecule has 4 aromatic carbocycles. The van der Waals surface area contributed by atoms with Gasteiger partial charge in [-0.2, -0.15) is 0 Å². The third kappa shape index (κ3) is 11.3. The van der Waals surface area contributed by atoms with Crippen molar-refractivity contribution in [2.75, 3.05) is 46.2 Å². The quantitative estimate of drug-likeness (QED) is 0.0397. The minimum atomic E-state index is -1.49. The van der Waals surface area contributed by atoms with E-state index < -0.39 is 30.1 Å². The summed E-state index contributed by atoms with van der Waals surface area (Å²) in [6, 6.07) is 29.3. The van der Waals surface area contributed by atoms with Crippen molar-refractivity contribution in [3.05, 3.63) is 145 Å². The van der Waals surface area contributed by atoms with Crippen molar-refractivity contribution in [3.8, 4) is 11.5 Å². The molecule has 4 aromatic rings. The van der Waals surface area contributed by atoms with Gasteiger partial charge < -0.3 is 43.5 Å².